The number of hydrogen-bond donors (Lipinski definition) is 0. The number of nitrogens with zero attached hydrogens (tertiary/aromatic N) is 6. The van der Waals surface area contributed by atoms with Crippen LogP contribution in [0, 0.1) is 0 Å². The molecule has 8 nitrogen and oxygen atoms in total. The molecule has 0 atom stereocenters. The van der Waals surface area contributed by atoms with Crippen molar-refractivity contribution in [3.63, 3.8) is 0 Å². The molecule has 0 fully saturated rings. The standard InChI is InChI=1S/C26H32N6O2/c1-22(33)32-18-8-15-29(20-24-10-4-5-12-27-24)14-7-16-30(19-23-9-2-3-11-25(23)32)26(34)21-31-17-6-13-28-31/h2-6,9-13,17H,7-8,14-16,18-21H2,1H3. The maximum atomic E-state index is 13.2. The molecule has 0 saturated carbocycles. The molecule has 8 heteroatoms. The van der Waals surface area contributed by atoms with Crippen molar-refractivity contribution in [3.05, 3.63) is 78.4 Å². The maximum Gasteiger partial charge on any atom is 0.244 e. The van der Waals surface area contributed by atoms with Crippen LogP contribution < -0.4 is 4.90 Å². The van der Waals surface area contributed by atoms with Gasteiger partial charge in [-0.1, -0.05) is 24.3 Å². The van der Waals surface area contributed by atoms with Gasteiger partial charge in [0.15, 0.2) is 0 Å². The normalized spacial score (nSPS) is 15.8. The monoisotopic (exact) mass is 460 g/mol. The second kappa shape index (κ2) is 11.6. The summed E-state index contributed by atoms with van der Waals surface area (Å²) in [5.41, 5.74) is 2.89. The molecule has 0 saturated heterocycles. The largest absolute Gasteiger partial charge is 0.337 e. The molecule has 1 aromatic carbocycles. The van der Waals surface area contributed by atoms with Gasteiger partial charge in [-0.3, -0.25) is 24.2 Å². The Labute approximate surface area is 200 Å². The van der Waals surface area contributed by atoms with Crippen molar-refractivity contribution in [3.8, 4) is 0 Å². The van der Waals surface area contributed by atoms with E-state index in [1.807, 2.05) is 64.5 Å². The quantitative estimate of drug-likeness (QED) is 0.599. The molecule has 2 amide bonds. The van der Waals surface area contributed by atoms with Gasteiger partial charge < -0.3 is 9.80 Å². The first kappa shape index (κ1) is 23.6. The van der Waals surface area contributed by atoms with Gasteiger partial charge in [0.05, 0.1) is 5.69 Å². The summed E-state index contributed by atoms with van der Waals surface area (Å²) in [6.07, 6.45) is 7.02. The fourth-order valence-electron chi connectivity index (χ4n) is 4.41. The van der Waals surface area contributed by atoms with E-state index in [9.17, 15) is 9.59 Å². The number of aromatic nitrogens is 3. The number of anilines is 1. The molecule has 0 radical (unpaired) electrons. The van der Waals surface area contributed by atoms with E-state index in [1.54, 1.807) is 24.0 Å². The molecular weight excluding hydrogens is 428 g/mol. The molecule has 0 bridgehead atoms. The number of carbonyl (C=O) groups excluding carboxylic acids is 2. The lowest BCUT2D eigenvalue weighted by Crippen LogP contribution is -2.39. The Kier molecular flexibility index (Phi) is 8.04. The van der Waals surface area contributed by atoms with Crippen molar-refractivity contribution in [1.29, 1.82) is 0 Å². The molecular formula is C26H32N6O2. The molecule has 0 N–H and O–H groups in total. The van der Waals surface area contributed by atoms with Crippen LogP contribution >= 0.6 is 0 Å². The Morgan fingerprint density at radius 3 is 2.44 bits per heavy atom. The van der Waals surface area contributed by atoms with Crippen molar-refractivity contribution in [2.45, 2.75) is 39.4 Å². The van der Waals surface area contributed by atoms with Gasteiger partial charge in [-0.2, -0.15) is 5.10 Å². The summed E-state index contributed by atoms with van der Waals surface area (Å²) in [7, 11) is 0. The van der Waals surface area contributed by atoms with Gasteiger partial charge in [-0.25, -0.2) is 0 Å². The van der Waals surface area contributed by atoms with Crippen molar-refractivity contribution >= 4 is 17.5 Å². The Morgan fingerprint density at radius 1 is 0.912 bits per heavy atom. The van der Waals surface area contributed by atoms with E-state index in [0.29, 0.717) is 19.6 Å². The molecule has 178 valence electrons. The summed E-state index contributed by atoms with van der Waals surface area (Å²) >= 11 is 0. The molecule has 2 aromatic heterocycles. The molecule has 0 aliphatic carbocycles. The zero-order valence-corrected chi connectivity index (χ0v) is 19.7. The van der Waals surface area contributed by atoms with Gasteiger partial charge in [0.25, 0.3) is 0 Å². The molecule has 0 spiro atoms. The van der Waals surface area contributed by atoms with E-state index in [0.717, 1.165) is 49.4 Å². The summed E-state index contributed by atoms with van der Waals surface area (Å²) in [6.45, 7) is 5.98. The van der Waals surface area contributed by atoms with Gasteiger partial charge in [0.1, 0.15) is 6.54 Å². The lowest BCUT2D eigenvalue weighted by Gasteiger charge is -2.31. The SMILES string of the molecule is CC(=O)N1CCCN(Cc2ccccn2)CCCN(C(=O)Cn2cccn2)Cc2ccccc21. The summed E-state index contributed by atoms with van der Waals surface area (Å²) in [5.74, 6) is 0.0245. The highest BCUT2D eigenvalue weighted by Gasteiger charge is 2.21. The third-order valence-electron chi connectivity index (χ3n) is 6.10. The minimum Gasteiger partial charge on any atom is -0.337 e. The van der Waals surface area contributed by atoms with Crippen LogP contribution in [0.4, 0.5) is 5.69 Å². The summed E-state index contributed by atoms with van der Waals surface area (Å²) < 4.78 is 1.65. The van der Waals surface area contributed by atoms with Gasteiger partial charge in [-0.05, 0) is 42.7 Å². The average Bonchev–Trinajstić information content (AvgIpc) is 3.34. The predicted molar refractivity (Wildman–Crippen MR) is 131 cm³/mol. The number of amides is 2. The predicted octanol–water partition coefficient (Wildman–Crippen LogP) is 2.96. The van der Waals surface area contributed by atoms with E-state index < -0.39 is 0 Å². The van der Waals surface area contributed by atoms with Crippen LogP contribution in [-0.4, -0.2) is 62.6 Å². The van der Waals surface area contributed by atoms with Gasteiger partial charge in [0.2, 0.25) is 11.8 Å². The fraction of sp³-hybridized carbons (Fsp3) is 0.385. The number of para-hydroxylation sites is 1. The first-order valence-corrected chi connectivity index (χ1v) is 11.8. The number of benzene rings is 1. The first-order valence-electron chi connectivity index (χ1n) is 11.8. The molecule has 1 aliphatic heterocycles. The van der Waals surface area contributed by atoms with Crippen LogP contribution in [0.1, 0.15) is 31.0 Å². The highest BCUT2D eigenvalue weighted by Crippen LogP contribution is 2.24. The second-order valence-electron chi connectivity index (χ2n) is 8.62. The molecule has 3 aromatic rings. The zero-order chi connectivity index (χ0) is 23.8. The van der Waals surface area contributed by atoms with Crippen LogP contribution in [0.2, 0.25) is 0 Å². The van der Waals surface area contributed by atoms with Crippen molar-refractivity contribution < 1.29 is 9.59 Å². The first-order chi connectivity index (χ1) is 16.6. The smallest absolute Gasteiger partial charge is 0.244 e. The van der Waals surface area contributed by atoms with Crippen LogP contribution in [-0.2, 0) is 29.2 Å². The van der Waals surface area contributed by atoms with Gasteiger partial charge in [-0.15, -0.1) is 0 Å². The third-order valence-corrected chi connectivity index (χ3v) is 6.10. The summed E-state index contributed by atoms with van der Waals surface area (Å²) in [4.78, 5) is 36.4. The van der Waals surface area contributed by atoms with Gasteiger partial charge in [0, 0.05) is 70.5 Å². The number of hydrogen-bond acceptors (Lipinski definition) is 5. The van der Waals surface area contributed by atoms with E-state index in [2.05, 4.69) is 15.0 Å². The summed E-state index contributed by atoms with van der Waals surface area (Å²) in [5, 5.41) is 4.19. The second-order valence-corrected chi connectivity index (χ2v) is 8.62. The highest BCUT2D eigenvalue weighted by atomic mass is 16.2. The minimum atomic E-state index is 0.00945. The van der Waals surface area contributed by atoms with Crippen LogP contribution in [0.3, 0.4) is 0 Å². The molecule has 4 rings (SSSR count). The highest BCUT2D eigenvalue weighted by molar-refractivity contribution is 5.92. The zero-order valence-electron chi connectivity index (χ0n) is 19.7. The minimum absolute atomic E-state index is 0.00945. The number of pyridine rings is 1. The number of carbonyl (C=O) groups is 2. The fourth-order valence-corrected chi connectivity index (χ4v) is 4.41. The number of fused-ring (bicyclic) bond motifs is 1. The van der Waals surface area contributed by atoms with E-state index in [1.165, 1.54) is 0 Å². The van der Waals surface area contributed by atoms with Crippen LogP contribution in [0.5, 0.6) is 0 Å². The van der Waals surface area contributed by atoms with Crippen LogP contribution in [0.25, 0.3) is 0 Å². The Hall–Kier alpha value is -3.52. The summed E-state index contributed by atoms with van der Waals surface area (Å²) in [6, 6.07) is 15.7. The lowest BCUT2D eigenvalue weighted by molar-refractivity contribution is -0.132. The Morgan fingerprint density at radius 2 is 1.71 bits per heavy atom. The third kappa shape index (κ3) is 6.29. The Bertz CT molecular complexity index is 1070. The van der Waals surface area contributed by atoms with E-state index in [4.69, 9.17) is 0 Å². The topological polar surface area (TPSA) is 74.6 Å². The Balaban J connectivity index is 1.58. The van der Waals surface area contributed by atoms with E-state index in [-0.39, 0.29) is 18.4 Å². The molecule has 3 heterocycles. The molecule has 0 unspecified atom stereocenters. The number of rotatable bonds is 4. The van der Waals surface area contributed by atoms with Crippen molar-refractivity contribution in [1.82, 2.24) is 24.6 Å². The lowest BCUT2D eigenvalue weighted by atomic mass is 10.1. The molecule has 34 heavy (non-hydrogen) atoms. The van der Waals surface area contributed by atoms with E-state index >= 15 is 0 Å². The van der Waals surface area contributed by atoms with Crippen molar-refractivity contribution in [2.75, 3.05) is 31.1 Å². The average molecular weight is 461 g/mol. The van der Waals surface area contributed by atoms with Crippen molar-refractivity contribution in [2.24, 2.45) is 0 Å². The van der Waals surface area contributed by atoms with Gasteiger partial charge >= 0.3 is 0 Å². The maximum absolute atomic E-state index is 13.2. The van der Waals surface area contributed by atoms with Crippen LogP contribution in [0.15, 0.2) is 67.1 Å². The molecule has 1 aliphatic rings.